The molecule has 1 aliphatic rings. The van der Waals surface area contributed by atoms with Crippen LogP contribution in [-0.4, -0.2) is 35.2 Å². The minimum Gasteiger partial charge on any atom is -0.443 e. The Bertz CT molecular complexity index is 418. The first-order valence-electron chi connectivity index (χ1n) is 5.71. The lowest BCUT2D eigenvalue weighted by Crippen LogP contribution is -2.38. The Hall–Kier alpha value is -1.23. The predicted molar refractivity (Wildman–Crippen MR) is 73.3 cm³/mol. The smallest absolute Gasteiger partial charge is 0.415 e. The summed E-state index contributed by atoms with van der Waals surface area (Å²) in [7, 11) is 0. The zero-order chi connectivity index (χ0) is 13.9. The lowest BCUT2D eigenvalue weighted by molar-refractivity contribution is -0.113. The summed E-state index contributed by atoms with van der Waals surface area (Å²) in [5, 5.41) is 0.786. The number of rotatable bonds is 2. The highest BCUT2D eigenvalue weighted by Crippen LogP contribution is 2.25. The zero-order valence-corrected chi connectivity index (χ0v) is 12.3. The van der Waals surface area contributed by atoms with Gasteiger partial charge >= 0.3 is 6.09 Å². The third kappa shape index (κ3) is 3.91. The van der Waals surface area contributed by atoms with Crippen LogP contribution in [-0.2, 0) is 9.53 Å². The Morgan fingerprint density at radius 1 is 1.33 bits per heavy atom. The highest BCUT2D eigenvalue weighted by molar-refractivity contribution is 8.02. The second-order valence-electron chi connectivity index (χ2n) is 5.02. The van der Waals surface area contributed by atoms with E-state index in [0.29, 0.717) is 5.57 Å². The molecule has 0 saturated heterocycles. The van der Waals surface area contributed by atoms with Gasteiger partial charge in [0.2, 0.25) is 0 Å². The predicted octanol–water partition coefficient (Wildman–Crippen LogP) is 2.96. The Labute approximate surface area is 112 Å². The van der Waals surface area contributed by atoms with E-state index in [1.165, 1.54) is 23.6 Å². The average molecular weight is 269 g/mol. The first-order chi connectivity index (χ1) is 8.24. The summed E-state index contributed by atoms with van der Waals surface area (Å²) >= 11 is 1.45. The minimum atomic E-state index is -0.544. The van der Waals surface area contributed by atoms with E-state index in [2.05, 4.69) is 0 Å². The molecule has 0 fully saturated rings. The van der Waals surface area contributed by atoms with E-state index in [-0.39, 0.29) is 12.3 Å². The van der Waals surface area contributed by atoms with E-state index in [4.69, 9.17) is 4.74 Å². The summed E-state index contributed by atoms with van der Waals surface area (Å²) in [5.41, 5.74) is 0.0664. The molecule has 0 atom stereocenters. The highest BCUT2D eigenvalue weighted by Gasteiger charge is 2.27. The van der Waals surface area contributed by atoms with Gasteiger partial charge in [-0.25, -0.2) is 4.79 Å². The van der Waals surface area contributed by atoms with E-state index in [1.807, 2.05) is 27.0 Å². The van der Waals surface area contributed by atoms with E-state index < -0.39 is 11.7 Å². The van der Waals surface area contributed by atoms with E-state index in [0.717, 1.165) is 5.03 Å². The minimum absolute atomic E-state index is 0.0278. The monoisotopic (exact) mass is 269 g/mol. The summed E-state index contributed by atoms with van der Waals surface area (Å²) in [5.74, 6) is -0.0278. The summed E-state index contributed by atoms with van der Waals surface area (Å²) in [6, 6.07) is 0. The third-order valence-electron chi connectivity index (χ3n) is 2.30. The molecule has 5 heteroatoms. The van der Waals surface area contributed by atoms with E-state index in [1.54, 1.807) is 12.2 Å². The molecule has 0 bridgehead atoms. The van der Waals surface area contributed by atoms with Crippen LogP contribution in [0.15, 0.2) is 22.8 Å². The van der Waals surface area contributed by atoms with Gasteiger partial charge in [-0.2, -0.15) is 0 Å². The number of thioether (sulfide) groups is 1. The van der Waals surface area contributed by atoms with Crippen molar-refractivity contribution >= 4 is 23.6 Å². The molecule has 1 amide bonds. The summed E-state index contributed by atoms with van der Waals surface area (Å²) in [6.45, 7) is 7.23. The molecule has 1 aliphatic heterocycles. The number of ether oxygens (including phenoxy) is 1. The van der Waals surface area contributed by atoms with Crippen molar-refractivity contribution in [3.63, 3.8) is 0 Å². The van der Waals surface area contributed by atoms with Crippen LogP contribution in [0.1, 0.15) is 27.7 Å². The first-order valence-corrected chi connectivity index (χ1v) is 6.93. The largest absolute Gasteiger partial charge is 0.443 e. The van der Waals surface area contributed by atoms with Crippen molar-refractivity contribution in [3.8, 4) is 0 Å². The van der Waals surface area contributed by atoms with Crippen LogP contribution in [0.5, 0.6) is 0 Å². The molecule has 0 aromatic rings. The second-order valence-corrected chi connectivity index (χ2v) is 5.85. The van der Waals surface area contributed by atoms with Crippen LogP contribution in [0.3, 0.4) is 0 Å². The molecule has 1 heterocycles. The third-order valence-corrected chi connectivity index (χ3v) is 3.07. The number of nitrogens with zero attached hydrogens (tertiary/aromatic N) is 1. The topological polar surface area (TPSA) is 46.6 Å². The molecule has 18 heavy (non-hydrogen) atoms. The maximum atomic E-state index is 12.1. The van der Waals surface area contributed by atoms with Crippen LogP contribution in [0.25, 0.3) is 0 Å². The van der Waals surface area contributed by atoms with Crippen molar-refractivity contribution < 1.29 is 14.3 Å². The Kier molecular flexibility index (Phi) is 4.62. The van der Waals surface area contributed by atoms with Crippen molar-refractivity contribution in [2.45, 2.75) is 33.3 Å². The fourth-order valence-corrected chi connectivity index (χ4v) is 2.00. The molecule has 0 aliphatic carbocycles. The van der Waals surface area contributed by atoms with Crippen molar-refractivity contribution in [1.82, 2.24) is 4.90 Å². The Morgan fingerprint density at radius 2 is 1.94 bits per heavy atom. The average Bonchev–Trinajstić information content (AvgIpc) is 2.25. The van der Waals surface area contributed by atoms with Gasteiger partial charge in [-0.1, -0.05) is 6.08 Å². The zero-order valence-electron chi connectivity index (χ0n) is 11.4. The number of ketones is 1. The number of hydrogen-bond donors (Lipinski definition) is 0. The van der Waals surface area contributed by atoms with Gasteiger partial charge in [0.15, 0.2) is 5.78 Å². The fraction of sp³-hybridized carbons (Fsp3) is 0.538. The lowest BCUT2D eigenvalue weighted by Gasteiger charge is -2.30. The standard InChI is InChI=1S/C13H19NO3S/c1-9(15)10-6-7-11(18-5)14(8-10)12(16)17-13(2,3)4/h6-7H,8H2,1-5H3. The van der Waals surface area contributed by atoms with Crippen LogP contribution in [0.2, 0.25) is 0 Å². The van der Waals surface area contributed by atoms with Crippen molar-refractivity contribution in [1.29, 1.82) is 0 Å². The van der Waals surface area contributed by atoms with Crippen molar-refractivity contribution in [2.75, 3.05) is 12.8 Å². The molecule has 0 radical (unpaired) electrons. The first kappa shape index (κ1) is 14.8. The number of hydrogen-bond acceptors (Lipinski definition) is 4. The molecule has 0 aromatic carbocycles. The second kappa shape index (κ2) is 5.61. The summed E-state index contributed by atoms with van der Waals surface area (Å²) in [6.07, 6.45) is 4.99. The van der Waals surface area contributed by atoms with Crippen LogP contribution in [0, 0.1) is 0 Å². The maximum Gasteiger partial charge on any atom is 0.415 e. The molecular formula is C13H19NO3S. The number of Topliss-reactive ketones (excluding diaryl/α,β-unsaturated/α-hetero) is 1. The van der Waals surface area contributed by atoms with Gasteiger partial charge in [-0.15, -0.1) is 11.8 Å². The highest BCUT2D eigenvalue weighted by atomic mass is 32.2. The molecule has 0 saturated carbocycles. The van der Waals surface area contributed by atoms with Gasteiger partial charge in [0.05, 0.1) is 11.6 Å². The van der Waals surface area contributed by atoms with Gasteiger partial charge in [0.25, 0.3) is 0 Å². The fourth-order valence-electron chi connectivity index (χ4n) is 1.44. The van der Waals surface area contributed by atoms with Crippen LogP contribution < -0.4 is 0 Å². The van der Waals surface area contributed by atoms with Crippen LogP contribution >= 0.6 is 11.8 Å². The molecule has 0 N–H and O–H groups in total. The van der Waals surface area contributed by atoms with Gasteiger partial charge in [0.1, 0.15) is 5.60 Å². The summed E-state index contributed by atoms with van der Waals surface area (Å²) in [4.78, 5) is 24.9. The van der Waals surface area contributed by atoms with Gasteiger partial charge < -0.3 is 4.74 Å². The molecular weight excluding hydrogens is 250 g/mol. The van der Waals surface area contributed by atoms with E-state index in [9.17, 15) is 9.59 Å². The molecule has 0 spiro atoms. The number of amides is 1. The van der Waals surface area contributed by atoms with Crippen LogP contribution in [0.4, 0.5) is 4.79 Å². The molecule has 1 rings (SSSR count). The Balaban J connectivity index is 2.89. The normalized spacial score (nSPS) is 15.9. The SMILES string of the molecule is CSC1=CC=C(C(C)=O)CN1C(=O)OC(C)(C)C. The molecule has 100 valence electrons. The number of allylic oxidation sites excluding steroid dienone is 2. The van der Waals surface area contributed by atoms with Gasteiger partial charge in [-0.05, 0) is 40.0 Å². The lowest BCUT2D eigenvalue weighted by atomic mass is 10.1. The Morgan fingerprint density at radius 3 is 2.39 bits per heavy atom. The molecule has 0 unspecified atom stereocenters. The molecule has 4 nitrogen and oxygen atoms in total. The van der Waals surface area contributed by atoms with Crippen molar-refractivity contribution in [3.05, 3.63) is 22.8 Å². The number of carbonyl (C=O) groups excluding carboxylic acids is 2. The maximum absolute atomic E-state index is 12.1. The van der Waals surface area contributed by atoms with Gasteiger partial charge in [0, 0.05) is 5.57 Å². The number of carbonyl (C=O) groups is 2. The summed E-state index contributed by atoms with van der Waals surface area (Å²) < 4.78 is 5.33. The van der Waals surface area contributed by atoms with Gasteiger partial charge in [-0.3, -0.25) is 9.69 Å². The van der Waals surface area contributed by atoms with Crippen molar-refractivity contribution in [2.24, 2.45) is 0 Å². The quantitative estimate of drug-likeness (QED) is 0.773. The molecule has 0 aromatic heterocycles. The van der Waals surface area contributed by atoms with E-state index >= 15 is 0 Å².